The molecule has 0 unspecified atom stereocenters. The molecule has 2 aliphatic carbocycles. The molecule has 0 aliphatic heterocycles. The van der Waals surface area contributed by atoms with Crippen molar-refractivity contribution >= 4 is 0 Å². The Morgan fingerprint density at radius 1 is 0.429 bits per heavy atom. The Hall–Kier alpha value is -4.30. The zero-order chi connectivity index (χ0) is 24.0. The van der Waals surface area contributed by atoms with Crippen LogP contribution in [-0.4, -0.2) is 10.2 Å². The van der Waals surface area contributed by atoms with Gasteiger partial charge in [0, 0.05) is 0 Å². The molecule has 35 heavy (non-hydrogen) atoms. The van der Waals surface area contributed by atoms with Crippen LogP contribution in [0.25, 0.3) is 22.3 Å². The summed E-state index contributed by atoms with van der Waals surface area (Å²) in [7, 11) is 0. The smallest absolute Gasteiger partial charge is 0.115 e. The van der Waals surface area contributed by atoms with Gasteiger partial charge in [0.1, 0.15) is 11.5 Å². The Balaban J connectivity index is 0.000000149. The summed E-state index contributed by atoms with van der Waals surface area (Å²) < 4.78 is 0. The molecule has 0 fully saturated rings. The first-order chi connectivity index (χ1) is 17.2. The first kappa shape index (κ1) is 22.5. The monoisotopic (exact) mass is 456 g/mol. The molecule has 7 rings (SSSR count). The van der Waals surface area contributed by atoms with Gasteiger partial charge in [0.05, 0.1) is 0 Å². The molecule has 172 valence electrons. The molecule has 0 amide bonds. The van der Waals surface area contributed by atoms with Crippen LogP contribution in [0.3, 0.4) is 0 Å². The van der Waals surface area contributed by atoms with E-state index in [2.05, 4.69) is 60.7 Å². The lowest BCUT2D eigenvalue weighted by Gasteiger charge is -2.27. The molecule has 0 heterocycles. The SMILES string of the molecule is Oc1ccccc1.Oc1ccccc1.c1ccc(-c2cc3c(c4c2CC4)Cc2ccccc2-3)cc1. The van der Waals surface area contributed by atoms with Crippen LogP contribution < -0.4 is 0 Å². The van der Waals surface area contributed by atoms with E-state index < -0.39 is 0 Å². The number of phenols is 2. The minimum atomic E-state index is 0.322. The topological polar surface area (TPSA) is 40.5 Å². The summed E-state index contributed by atoms with van der Waals surface area (Å²) in [5.41, 5.74) is 12.0. The number of fused-ring (bicyclic) bond motifs is 5. The van der Waals surface area contributed by atoms with Crippen molar-refractivity contribution < 1.29 is 10.2 Å². The van der Waals surface area contributed by atoms with Gasteiger partial charge in [-0.3, -0.25) is 0 Å². The van der Waals surface area contributed by atoms with Crippen molar-refractivity contribution in [1.82, 2.24) is 0 Å². The highest BCUT2D eigenvalue weighted by Gasteiger charge is 2.29. The van der Waals surface area contributed by atoms with Gasteiger partial charge in [-0.15, -0.1) is 0 Å². The van der Waals surface area contributed by atoms with Gasteiger partial charge in [-0.1, -0.05) is 91.0 Å². The molecule has 0 saturated carbocycles. The van der Waals surface area contributed by atoms with Crippen molar-refractivity contribution in [3.05, 3.63) is 144 Å². The summed E-state index contributed by atoms with van der Waals surface area (Å²) in [6.07, 6.45) is 3.62. The molecule has 2 aliphatic rings. The Bertz CT molecular complexity index is 1370. The highest BCUT2D eigenvalue weighted by molar-refractivity contribution is 5.86. The summed E-state index contributed by atoms with van der Waals surface area (Å²) in [6.45, 7) is 0. The fourth-order valence-corrected chi connectivity index (χ4v) is 4.79. The maximum Gasteiger partial charge on any atom is 0.115 e. The zero-order valence-corrected chi connectivity index (χ0v) is 19.6. The number of aromatic hydroxyl groups is 2. The molecule has 2 heteroatoms. The lowest BCUT2D eigenvalue weighted by Crippen LogP contribution is -2.13. The van der Waals surface area contributed by atoms with Gasteiger partial charge in [-0.25, -0.2) is 0 Å². The second-order valence-corrected chi connectivity index (χ2v) is 8.78. The van der Waals surface area contributed by atoms with Crippen LogP contribution in [0.5, 0.6) is 11.5 Å². The van der Waals surface area contributed by atoms with Crippen LogP contribution >= 0.6 is 0 Å². The molecule has 0 radical (unpaired) electrons. The lowest BCUT2D eigenvalue weighted by molar-refractivity contribution is 0.475. The van der Waals surface area contributed by atoms with Crippen LogP contribution in [-0.2, 0) is 19.3 Å². The molecular weight excluding hydrogens is 428 g/mol. The molecule has 5 aromatic rings. The van der Waals surface area contributed by atoms with Crippen molar-refractivity contribution in [2.24, 2.45) is 0 Å². The van der Waals surface area contributed by atoms with E-state index in [9.17, 15) is 0 Å². The van der Waals surface area contributed by atoms with Crippen molar-refractivity contribution in [2.75, 3.05) is 0 Å². The van der Waals surface area contributed by atoms with Crippen LogP contribution in [0.15, 0.2) is 121 Å². The molecule has 0 spiro atoms. The summed E-state index contributed by atoms with van der Waals surface area (Å²) in [4.78, 5) is 0. The van der Waals surface area contributed by atoms with Gasteiger partial charge in [-0.05, 0) is 94.1 Å². The third kappa shape index (κ3) is 4.97. The van der Waals surface area contributed by atoms with E-state index in [1.807, 2.05) is 12.1 Å². The second-order valence-electron chi connectivity index (χ2n) is 8.78. The Kier molecular flexibility index (Phi) is 6.63. The van der Waals surface area contributed by atoms with Crippen molar-refractivity contribution in [3.8, 4) is 33.8 Å². The van der Waals surface area contributed by atoms with E-state index >= 15 is 0 Å². The molecule has 2 nitrogen and oxygen atoms in total. The third-order valence-electron chi connectivity index (χ3n) is 6.56. The summed E-state index contributed by atoms with van der Waals surface area (Å²) >= 11 is 0. The van der Waals surface area contributed by atoms with Crippen molar-refractivity contribution in [2.45, 2.75) is 19.3 Å². The lowest BCUT2D eigenvalue weighted by atomic mass is 9.77. The summed E-state index contributed by atoms with van der Waals surface area (Å²) in [5, 5.41) is 17.3. The largest absolute Gasteiger partial charge is 0.508 e. The van der Waals surface area contributed by atoms with Gasteiger partial charge >= 0.3 is 0 Å². The van der Waals surface area contributed by atoms with Crippen molar-refractivity contribution in [1.29, 1.82) is 0 Å². The molecule has 0 bridgehead atoms. The third-order valence-corrected chi connectivity index (χ3v) is 6.56. The summed E-state index contributed by atoms with van der Waals surface area (Å²) in [5.74, 6) is 0.644. The van der Waals surface area contributed by atoms with E-state index in [-0.39, 0.29) is 0 Å². The number of phenolic OH excluding ortho intramolecular Hbond substituents is 2. The zero-order valence-electron chi connectivity index (χ0n) is 19.6. The van der Waals surface area contributed by atoms with Gasteiger partial charge < -0.3 is 10.2 Å². The van der Waals surface area contributed by atoms with Crippen LogP contribution in [0.4, 0.5) is 0 Å². The molecular formula is C33H28O2. The predicted octanol–water partition coefficient (Wildman–Crippen LogP) is 7.81. The van der Waals surface area contributed by atoms with Crippen LogP contribution in [0, 0.1) is 0 Å². The van der Waals surface area contributed by atoms with Crippen LogP contribution in [0.1, 0.15) is 22.3 Å². The number of hydrogen-bond acceptors (Lipinski definition) is 2. The molecule has 0 atom stereocenters. The normalized spacial score (nSPS) is 11.9. The predicted molar refractivity (Wildman–Crippen MR) is 144 cm³/mol. The average molecular weight is 457 g/mol. The minimum absolute atomic E-state index is 0.322. The maximum atomic E-state index is 8.63. The van der Waals surface area contributed by atoms with Gasteiger partial charge in [-0.2, -0.15) is 0 Å². The van der Waals surface area contributed by atoms with E-state index in [4.69, 9.17) is 10.2 Å². The van der Waals surface area contributed by atoms with E-state index in [1.54, 1.807) is 65.2 Å². The number of benzene rings is 5. The van der Waals surface area contributed by atoms with E-state index in [0.717, 1.165) is 6.42 Å². The highest BCUT2D eigenvalue weighted by atomic mass is 16.3. The summed E-state index contributed by atoms with van der Waals surface area (Å²) in [6, 6.07) is 39.6. The standard InChI is InChI=1S/C21H16.2C6H6O/c1-2-6-14(7-3-1)19-13-21-16-9-5-4-8-15(16)12-20(21)18-11-10-17(18)19;2*7-6-4-2-1-3-5-6/h1-9,13H,10-12H2;2*1-5,7H. The van der Waals surface area contributed by atoms with E-state index in [1.165, 1.54) is 40.7 Å². The Morgan fingerprint density at radius 2 is 0.943 bits per heavy atom. The van der Waals surface area contributed by atoms with Gasteiger partial charge in [0.25, 0.3) is 0 Å². The highest BCUT2D eigenvalue weighted by Crippen LogP contribution is 2.46. The average Bonchev–Trinajstić information content (AvgIpc) is 3.23. The fourth-order valence-electron chi connectivity index (χ4n) is 4.79. The number of rotatable bonds is 1. The minimum Gasteiger partial charge on any atom is -0.508 e. The van der Waals surface area contributed by atoms with Gasteiger partial charge in [0.2, 0.25) is 0 Å². The maximum absolute atomic E-state index is 8.63. The Morgan fingerprint density at radius 3 is 1.46 bits per heavy atom. The molecule has 0 aromatic heterocycles. The number of para-hydroxylation sites is 2. The first-order valence-corrected chi connectivity index (χ1v) is 12.0. The van der Waals surface area contributed by atoms with Crippen LogP contribution in [0.2, 0.25) is 0 Å². The second kappa shape index (κ2) is 10.3. The number of hydrogen-bond donors (Lipinski definition) is 2. The molecule has 0 saturated heterocycles. The first-order valence-electron chi connectivity index (χ1n) is 12.0. The van der Waals surface area contributed by atoms with E-state index in [0.29, 0.717) is 11.5 Å². The van der Waals surface area contributed by atoms with Crippen molar-refractivity contribution in [3.63, 3.8) is 0 Å². The fraction of sp³-hybridized carbons (Fsp3) is 0.0909. The molecule has 5 aromatic carbocycles. The molecule has 2 N–H and O–H groups in total. The quantitative estimate of drug-likeness (QED) is 0.265. The van der Waals surface area contributed by atoms with Gasteiger partial charge in [0.15, 0.2) is 0 Å². The Labute approximate surface area is 206 Å².